The highest BCUT2D eigenvalue weighted by atomic mass is 35.5. The quantitative estimate of drug-likeness (QED) is 0.929. The van der Waals surface area contributed by atoms with E-state index in [4.69, 9.17) is 26.8 Å². The van der Waals surface area contributed by atoms with Crippen molar-refractivity contribution in [1.29, 1.82) is 0 Å². The predicted octanol–water partition coefficient (Wildman–Crippen LogP) is 1.64. The van der Waals surface area contributed by atoms with Crippen LogP contribution in [0.25, 0.3) is 0 Å². The van der Waals surface area contributed by atoms with Gasteiger partial charge in [-0.3, -0.25) is 0 Å². The van der Waals surface area contributed by atoms with E-state index in [1.165, 1.54) is 0 Å². The van der Waals surface area contributed by atoms with Crippen LogP contribution in [0.15, 0.2) is 18.3 Å². The Morgan fingerprint density at radius 1 is 1.29 bits per heavy atom. The normalized spacial score (nSPS) is 14.0. The molecule has 1 aromatic heterocycles. The van der Waals surface area contributed by atoms with Crippen LogP contribution in [-0.4, -0.2) is 34.8 Å². The first-order chi connectivity index (χ1) is 10.3. The Kier molecular flexibility index (Phi) is 4.26. The van der Waals surface area contributed by atoms with Gasteiger partial charge in [0.25, 0.3) is 0 Å². The molecule has 1 aliphatic rings. The van der Waals surface area contributed by atoms with Crippen molar-refractivity contribution in [1.82, 2.24) is 15.0 Å². The van der Waals surface area contributed by atoms with Gasteiger partial charge in [0.1, 0.15) is 0 Å². The van der Waals surface area contributed by atoms with Crippen LogP contribution in [-0.2, 0) is 13.0 Å². The topological polar surface area (TPSA) is 75.2 Å². The number of fused-ring (bicyclic) bond motifs is 1. The summed E-state index contributed by atoms with van der Waals surface area (Å²) in [7, 11) is 0. The summed E-state index contributed by atoms with van der Waals surface area (Å²) in [6.07, 6.45) is 3.47. The Hall–Kier alpha value is -1.79. The van der Waals surface area contributed by atoms with Crippen molar-refractivity contribution in [3.05, 3.63) is 34.6 Å². The maximum Gasteiger partial charge on any atom is 0.179 e. The van der Waals surface area contributed by atoms with Gasteiger partial charge in [-0.1, -0.05) is 16.8 Å². The third-order valence-corrected chi connectivity index (χ3v) is 3.47. The fraction of sp³-hybridized carbons (Fsp3) is 0.429. The van der Waals surface area contributed by atoms with Crippen LogP contribution in [0.1, 0.15) is 17.7 Å². The first-order valence-corrected chi connectivity index (χ1v) is 7.31. The fourth-order valence-corrected chi connectivity index (χ4v) is 2.53. The second-order valence-electron chi connectivity index (χ2n) is 4.90. The van der Waals surface area contributed by atoms with E-state index < -0.39 is 0 Å². The van der Waals surface area contributed by atoms with Gasteiger partial charge in [-0.15, -0.1) is 5.10 Å². The van der Waals surface area contributed by atoms with Crippen molar-refractivity contribution in [2.45, 2.75) is 19.4 Å². The SMILES string of the molecule is NCCc1cn(Cc2cc(Cl)c3c(c2)OCCCO3)nn1. The van der Waals surface area contributed by atoms with Crippen molar-refractivity contribution in [2.24, 2.45) is 5.73 Å². The lowest BCUT2D eigenvalue weighted by atomic mass is 10.2. The summed E-state index contributed by atoms with van der Waals surface area (Å²) in [4.78, 5) is 0. The van der Waals surface area contributed by atoms with E-state index in [-0.39, 0.29) is 0 Å². The van der Waals surface area contributed by atoms with Gasteiger partial charge in [0.2, 0.25) is 0 Å². The van der Waals surface area contributed by atoms with E-state index >= 15 is 0 Å². The van der Waals surface area contributed by atoms with Crippen molar-refractivity contribution >= 4 is 11.6 Å². The molecule has 0 bridgehead atoms. The minimum atomic E-state index is 0.562. The molecule has 1 aromatic carbocycles. The average Bonchev–Trinajstić information content (AvgIpc) is 2.74. The fourth-order valence-electron chi connectivity index (χ4n) is 2.24. The molecular formula is C14H17ClN4O2. The van der Waals surface area contributed by atoms with E-state index in [1.54, 1.807) is 4.68 Å². The molecule has 0 saturated carbocycles. The summed E-state index contributed by atoms with van der Waals surface area (Å²) in [5.41, 5.74) is 7.39. The number of hydrogen-bond acceptors (Lipinski definition) is 5. The molecule has 0 amide bonds. The molecule has 21 heavy (non-hydrogen) atoms. The van der Waals surface area contributed by atoms with Crippen molar-refractivity contribution < 1.29 is 9.47 Å². The molecule has 6 nitrogen and oxygen atoms in total. The van der Waals surface area contributed by atoms with Gasteiger partial charge in [-0.2, -0.15) is 0 Å². The monoisotopic (exact) mass is 308 g/mol. The van der Waals surface area contributed by atoms with Crippen LogP contribution in [0, 0.1) is 0 Å². The van der Waals surface area contributed by atoms with Gasteiger partial charge in [0.05, 0.1) is 30.5 Å². The number of rotatable bonds is 4. The zero-order chi connectivity index (χ0) is 14.7. The summed E-state index contributed by atoms with van der Waals surface area (Å²) in [6.45, 7) is 2.40. The van der Waals surface area contributed by atoms with Crippen LogP contribution in [0.3, 0.4) is 0 Å². The standard InChI is InChI=1S/C14H17ClN4O2/c15-12-6-10(7-13-14(12)21-5-1-4-20-13)8-19-9-11(2-3-16)17-18-19/h6-7,9H,1-5,8,16H2. The summed E-state index contributed by atoms with van der Waals surface area (Å²) >= 11 is 6.27. The van der Waals surface area contributed by atoms with Crippen LogP contribution in [0.4, 0.5) is 0 Å². The molecular weight excluding hydrogens is 292 g/mol. The number of benzene rings is 1. The second-order valence-corrected chi connectivity index (χ2v) is 5.31. The lowest BCUT2D eigenvalue weighted by Gasteiger charge is -2.11. The Morgan fingerprint density at radius 2 is 2.14 bits per heavy atom. The molecule has 2 heterocycles. The van der Waals surface area contributed by atoms with Crippen LogP contribution in [0.2, 0.25) is 5.02 Å². The van der Waals surface area contributed by atoms with Crippen molar-refractivity contribution in [3.8, 4) is 11.5 Å². The Balaban J connectivity index is 1.81. The van der Waals surface area contributed by atoms with Crippen LogP contribution in [0.5, 0.6) is 11.5 Å². The smallest absolute Gasteiger partial charge is 0.179 e. The molecule has 7 heteroatoms. The van der Waals surface area contributed by atoms with E-state index in [0.717, 1.165) is 24.1 Å². The van der Waals surface area contributed by atoms with E-state index in [0.29, 0.717) is 42.8 Å². The summed E-state index contributed by atoms with van der Waals surface area (Å²) in [5.74, 6) is 1.32. The van der Waals surface area contributed by atoms with Gasteiger partial charge in [-0.25, -0.2) is 4.68 Å². The number of hydrogen-bond donors (Lipinski definition) is 1. The molecule has 0 unspecified atom stereocenters. The number of nitrogens with two attached hydrogens (primary N) is 1. The van der Waals surface area contributed by atoms with Crippen LogP contribution < -0.4 is 15.2 Å². The molecule has 1 aliphatic heterocycles. The van der Waals surface area contributed by atoms with Gasteiger partial charge in [-0.05, 0) is 24.2 Å². The molecule has 2 N–H and O–H groups in total. The van der Waals surface area contributed by atoms with Crippen molar-refractivity contribution in [3.63, 3.8) is 0 Å². The second kappa shape index (κ2) is 6.32. The molecule has 3 rings (SSSR count). The molecule has 0 aliphatic carbocycles. The molecule has 0 fully saturated rings. The summed E-state index contributed by atoms with van der Waals surface area (Å²) < 4.78 is 13.1. The first-order valence-electron chi connectivity index (χ1n) is 6.93. The third-order valence-electron chi connectivity index (χ3n) is 3.19. The van der Waals surface area contributed by atoms with E-state index in [9.17, 15) is 0 Å². The average molecular weight is 309 g/mol. The third kappa shape index (κ3) is 3.28. The van der Waals surface area contributed by atoms with E-state index in [2.05, 4.69) is 10.3 Å². The zero-order valence-electron chi connectivity index (χ0n) is 11.6. The molecule has 0 radical (unpaired) electrons. The molecule has 2 aromatic rings. The molecule has 0 spiro atoms. The van der Waals surface area contributed by atoms with Crippen LogP contribution >= 0.6 is 11.6 Å². The highest BCUT2D eigenvalue weighted by Crippen LogP contribution is 2.38. The molecule has 0 atom stereocenters. The van der Waals surface area contributed by atoms with E-state index in [1.807, 2.05) is 18.3 Å². The Morgan fingerprint density at radius 3 is 3.00 bits per heavy atom. The van der Waals surface area contributed by atoms with Gasteiger partial charge in [0.15, 0.2) is 11.5 Å². The zero-order valence-corrected chi connectivity index (χ0v) is 12.3. The maximum absolute atomic E-state index is 6.27. The minimum absolute atomic E-state index is 0.562. The highest BCUT2D eigenvalue weighted by Gasteiger charge is 2.16. The number of halogens is 1. The maximum atomic E-state index is 6.27. The lowest BCUT2D eigenvalue weighted by molar-refractivity contribution is 0.297. The Labute approximate surface area is 127 Å². The van der Waals surface area contributed by atoms with Gasteiger partial charge in [0, 0.05) is 19.0 Å². The largest absolute Gasteiger partial charge is 0.489 e. The van der Waals surface area contributed by atoms with Crippen molar-refractivity contribution in [2.75, 3.05) is 19.8 Å². The highest BCUT2D eigenvalue weighted by molar-refractivity contribution is 6.32. The molecule has 0 saturated heterocycles. The number of aromatic nitrogens is 3. The lowest BCUT2D eigenvalue weighted by Crippen LogP contribution is -2.03. The number of nitrogens with zero attached hydrogens (tertiary/aromatic N) is 3. The minimum Gasteiger partial charge on any atom is -0.489 e. The summed E-state index contributed by atoms with van der Waals surface area (Å²) in [6, 6.07) is 3.82. The molecule has 112 valence electrons. The Bertz CT molecular complexity index is 629. The summed E-state index contributed by atoms with van der Waals surface area (Å²) in [5, 5.41) is 8.72. The van der Waals surface area contributed by atoms with Gasteiger partial charge >= 0.3 is 0 Å². The predicted molar refractivity (Wildman–Crippen MR) is 78.9 cm³/mol. The number of ether oxygens (including phenoxy) is 2. The first kappa shape index (κ1) is 14.2. The van der Waals surface area contributed by atoms with Gasteiger partial charge < -0.3 is 15.2 Å².